The lowest BCUT2D eigenvalue weighted by Gasteiger charge is -2.10. The number of amides is 1. The van der Waals surface area contributed by atoms with Crippen LogP contribution in [0, 0.1) is 5.82 Å². The van der Waals surface area contributed by atoms with Gasteiger partial charge in [-0.1, -0.05) is 6.07 Å². The van der Waals surface area contributed by atoms with Crippen molar-refractivity contribution in [3.63, 3.8) is 0 Å². The molecule has 0 radical (unpaired) electrons. The second-order valence-electron chi connectivity index (χ2n) is 3.38. The average Bonchev–Trinajstić information content (AvgIpc) is 2.25. The molecule has 0 aliphatic carbocycles. The lowest BCUT2D eigenvalue weighted by atomic mass is 10.1. The molecule has 0 unspecified atom stereocenters. The molecule has 16 heavy (non-hydrogen) atoms. The fourth-order valence-electron chi connectivity index (χ4n) is 1.22. The van der Waals surface area contributed by atoms with Gasteiger partial charge in [-0.3, -0.25) is 4.79 Å². The fraction of sp³-hybridized carbons (Fsp3) is 0.364. The highest BCUT2D eigenvalue weighted by atomic mass is 19.1. The maximum atomic E-state index is 13.4. The van der Waals surface area contributed by atoms with Gasteiger partial charge in [-0.15, -0.1) is 0 Å². The van der Waals surface area contributed by atoms with Crippen LogP contribution in [0.4, 0.5) is 4.39 Å². The Labute approximate surface area is 93.0 Å². The number of carbonyl (C=O) groups is 1. The van der Waals surface area contributed by atoms with E-state index in [2.05, 4.69) is 5.32 Å². The van der Waals surface area contributed by atoms with E-state index >= 15 is 0 Å². The minimum Gasteiger partial charge on any atom is -0.496 e. The third-order valence-electron chi connectivity index (χ3n) is 1.98. The summed E-state index contributed by atoms with van der Waals surface area (Å²) in [6, 6.07) is 4.14. The summed E-state index contributed by atoms with van der Waals surface area (Å²) in [6.07, 6.45) is -0.679. The molecule has 0 heterocycles. The molecule has 0 aromatic heterocycles. The predicted octanol–water partition coefficient (Wildman–Crippen LogP) is 0.945. The lowest BCUT2D eigenvalue weighted by molar-refractivity contribution is 0.0916. The second kappa shape index (κ2) is 5.46. The van der Waals surface area contributed by atoms with Crippen molar-refractivity contribution in [2.24, 2.45) is 0 Å². The van der Waals surface area contributed by atoms with E-state index in [1.807, 2.05) is 0 Å². The van der Waals surface area contributed by atoms with Gasteiger partial charge >= 0.3 is 0 Å². The number of nitrogens with one attached hydrogen (secondary N) is 1. The van der Waals surface area contributed by atoms with Crippen molar-refractivity contribution in [3.05, 3.63) is 29.6 Å². The molecule has 2 N–H and O–H groups in total. The van der Waals surface area contributed by atoms with Crippen molar-refractivity contribution in [1.82, 2.24) is 5.32 Å². The molecule has 1 aromatic rings. The summed E-state index contributed by atoms with van der Waals surface area (Å²) in [6.45, 7) is 1.59. The van der Waals surface area contributed by atoms with Crippen molar-refractivity contribution in [3.8, 4) is 5.75 Å². The van der Waals surface area contributed by atoms with Crippen LogP contribution in [-0.4, -0.2) is 30.8 Å². The van der Waals surface area contributed by atoms with Gasteiger partial charge in [-0.2, -0.15) is 0 Å². The molecule has 1 amide bonds. The van der Waals surface area contributed by atoms with Gasteiger partial charge in [-0.25, -0.2) is 4.39 Å². The number of rotatable bonds is 4. The zero-order valence-corrected chi connectivity index (χ0v) is 9.16. The molecule has 0 aliphatic heterocycles. The maximum absolute atomic E-state index is 13.4. The zero-order chi connectivity index (χ0) is 12.1. The number of ether oxygens (including phenoxy) is 1. The molecule has 88 valence electrons. The number of methoxy groups -OCH3 is 1. The summed E-state index contributed by atoms with van der Waals surface area (Å²) >= 11 is 0. The van der Waals surface area contributed by atoms with Crippen LogP contribution in [0.5, 0.6) is 5.75 Å². The van der Waals surface area contributed by atoms with Crippen LogP contribution in [0.1, 0.15) is 17.3 Å². The van der Waals surface area contributed by atoms with E-state index < -0.39 is 17.8 Å². The monoisotopic (exact) mass is 227 g/mol. The van der Waals surface area contributed by atoms with Gasteiger partial charge in [0, 0.05) is 6.54 Å². The van der Waals surface area contributed by atoms with Crippen molar-refractivity contribution < 1.29 is 19.0 Å². The van der Waals surface area contributed by atoms with Crippen molar-refractivity contribution in [2.75, 3.05) is 13.7 Å². The predicted molar refractivity (Wildman–Crippen MR) is 57.0 cm³/mol. The number of carbonyl (C=O) groups excluding carboxylic acids is 1. The van der Waals surface area contributed by atoms with Crippen molar-refractivity contribution >= 4 is 5.91 Å². The molecule has 0 saturated heterocycles. The molecule has 1 rings (SSSR count). The summed E-state index contributed by atoms with van der Waals surface area (Å²) < 4.78 is 18.3. The van der Waals surface area contributed by atoms with Gasteiger partial charge in [-0.05, 0) is 19.1 Å². The van der Waals surface area contributed by atoms with E-state index in [4.69, 9.17) is 9.84 Å². The van der Waals surface area contributed by atoms with Crippen LogP contribution in [0.15, 0.2) is 18.2 Å². The van der Waals surface area contributed by atoms with E-state index in [0.29, 0.717) is 0 Å². The first-order valence-corrected chi connectivity index (χ1v) is 4.85. The number of hydrogen-bond acceptors (Lipinski definition) is 3. The standard InChI is InChI=1S/C11H14FNO3/c1-7(14)6-13-11(15)10-8(12)4-3-5-9(10)16-2/h3-5,7,14H,6H2,1-2H3,(H,13,15)/t7-/m0/s1. The van der Waals surface area contributed by atoms with Crippen LogP contribution in [0.25, 0.3) is 0 Å². The Balaban J connectivity index is 2.89. The first-order valence-electron chi connectivity index (χ1n) is 4.85. The van der Waals surface area contributed by atoms with E-state index in [1.165, 1.54) is 32.2 Å². The summed E-state index contributed by atoms with van der Waals surface area (Å²) in [7, 11) is 1.36. The van der Waals surface area contributed by atoms with E-state index in [1.54, 1.807) is 0 Å². The molecule has 5 heteroatoms. The molecular formula is C11H14FNO3. The summed E-state index contributed by atoms with van der Waals surface area (Å²) in [5.41, 5.74) is -0.148. The van der Waals surface area contributed by atoms with Crippen molar-refractivity contribution in [2.45, 2.75) is 13.0 Å². The summed E-state index contributed by atoms with van der Waals surface area (Å²) in [5, 5.41) is 11.4. The molecule has 0 fully saturated rings. The van der Waals surface area contributed by atoms with Crippen LogP contribution in [0.3, 0.4) is 0 Å². The maximum Gasteiger partial charge on any atom is 0.258 e. The number of aliphatic hydroxyl groups is 1. The Kier molecular flexibility index (Phi) is 4.25. The normalized spacial score (nSPS) is 12.0. The SMILES string of the molecule is COc1cccc(F)c1C(=O)NC[C@H](C)O. The third kappa shape index (κ3) is 2.93. The lowest BCUT2D eigenvalue weighted by Crippen LogP contribution is -2.31. The number of halogens is 1. The Morgan fingerprint density at radius 3 is 2.88 bits per heavy atom. The highest BCUT2D eigenvalue weighted by Crippen LogP contribution is 2.20. The van der Waals surface area contributed by atoms with Gasteiger partial charge in [0.05, 0.1) is 13.2 Å². The molecule has 0 spiro atoms. The quantitative estimate of drug-likeness (QED) is 0.805. The zero-order valence-electron chi connectivity index (χ0n) is 9.16. The largest absolute Gasteiger partial charge is 0.496 e. The van der Waals surface area contributed by atoms with Crippen LogP contribution >= 0.6 is 0 Å². The van der Waals surface area contributed by atoms with E-state index in [9.17, 15) is 9.18 Å². The minimum absolute atomic E-state index is 0.0658. The highest BCUT2D eigenvalue weighted by Gasteiger charge is 2.17. The molecule has 1 aromatic carbocycles. The first-order chi connectivity index (χ1) is 7.56. The number of hydrogen-bond donors (Lipinski definition) is 2. The molecule has 1 atom stereocenters. The number of aliphatic hydroxyl groups excluding tert-OH is 1. The summed E-state index contributed by atoms with van der Waals surface area (Å²) in [4.78, 5) is 11.6. The van der Waals surface area contributed by atoms with Gasteiger partial charge in [0.1, 0.15) is 17.1 Å². The van der Waals surface area contributed by atoms with Crippen LogP contribution in [0.2, 0.25) is 0 Å². The van der Waals surface area contributed by atoms with Gasteiger partial charge in [0.15, 0.2) is 0 Å². The smallest absolute Gasteiger partial charge is 0.258 e. The van der Waals surface area contributed by atoms with Crippen molar-refractivity contribution in [1.29, 1.82) is 0 Å². The fourth-order valence-corrected chi connectivity index (χ4v) is 1.22. The van der Waals surface area contributed by atoms with Crippen LogP contribution < -0.4 is 10.1 Å². The third-order valence-corrected chi connectivity index (χ3v) is 1.98. The van der Waals surface area contributed by atoms with E-state index in [-0.39, 0.29) is 17.9 Å². The van der Waals surface area contributed by atoms with Gasteiger partial charge in [0.2, 0.25) is 0 Å². The average molecular weight is 227 g/mol. The molecular weight excluding hydrogens is 213 g/mol. The minimum atomic E-state index is -0.679. The Hall–Kier alpha value is -1.62. The molecule has 4 nitrogen and oxygen atoms in total. The van der Waals surface area contributed by atoms with Gasteiger partial charge < -0.3 is 15.2 Å². The van der Waals surface area contributed by atoms with E-state index in [0.717, 1.165) is 0 Å². The Morgan fingerprint density at radius 2 is 2.31 bits per heavy atom. The second-order valence-corrected chi connectivity index (χ2v) is 3.38. The van der Waals surface area contributed by atoms with Gasteiger partial charge in [0.25, 0.3) is 5.91 Å². The topological polar surface area (TPSA) is 58.6 Å². The van der Waals surface area contributed by atoms with Crippen LogP contribution in [-0.2, 0) is 0 Å². The molecule has 0 bridgehead atoms. The molecule has 0 aliphatic rings. The number of benzene rings is 1. The first kappa shape index (κ1) is 12.4. The summed E-state index contributed by atoms with van der Waals surface area (Å²) in [5.74, 6) is -1.08. The Bertz CT molecular complexity index is 379. The Morgan fingerprint density at radius 1 is 1.62 bits per heavy atom. The molecule has 0 saturated carbocycles. The highest BCUT2D eigenvalue weighted by molar-refractivity contribution is 5.97.